The number of anilines is 1. The highest BCUT2D eigenvalue weighted by molar-refractivity contribution is 7.14. The molecule has 37 heavy (non-hydrogen) atoms. The van der Waals surface area contributed by atoms with Crippen molar-refractivity contribution in [3.63, 3.8) is 0 Å². The van der Waals surface area contributed by atoms with Crippen molar-refractivity contribution in [3.8, 4) is 17.0 Å². The summed E-state index contributed by atoms with van der Waals surface area (Å²) in [5, 5.41) is 13.0. The second-order valence-electron chi connectivity index (χ2n) is 8.91. The van der Waals surface area contributed by atoms with Crippen LogP contribution in [0, 0.1) is 23.4 Å². The van der Waals surface area contributed by atoms with Crippen molar-refractivity contribution in [2.24, 2.45) is 5.92 Å². The fraction of sp³-hybridized carbons (Fsp3) is 0.296. The first kappa shape index (κ1) is 26.4. The van der Waals surface area contributed by atoms with E-state index < -0.39 is 34.9 Å². The van der Waals surface area contributed by atoms with Crippen LogP contribution >= 0.6 is 11.3 Å². The number of carbonyl (C=O) groups is 2. The number of carbonyl (C=O) groups excluding carboxylic acids is 1. The minimum atomic E-state index is -1.32. The molecule has 0 atom stereocenters. The van der Waals surface area contributed by atoms with E-state index in [1.54, 1.807) is 23.6 Å². The van der Waals surface area contributed by atoms with E-state index in [2.05, 4.69) is 10.3 Å². The quantitative estimate of drug-likeness (QED) is 0.309. The molecule has 0 bridgehead atoms. The van der Waals surface area contributed by atoms with Gasteiger partial charge in [0.25, 0.3) is 5.91 Å². The van der Waals surface area contributed by atoms with Crippen molar-refractivity contribution < 1.29 is 32.6 Å². The van der Waals surface area contributed by atoms with Crippen LogP contribution in [0.1, 0.15) is 54.9 Å². The highest BCUT2D eigenvalue weighted by atomic mass is 32.1. The monoisotopic (exact) mass is 530 g/mol. The van der Waals surface area contributed by atoms with Crippen molar-refractivity contribution in [2.45, 2.75) is 39.0 Å². The molecule has 1 aliphatic rings. The number of amides is 1. The van der Waals surface area contributed by atoms with E-state index in [1.165, 1.54) is 13.3 Å². The van der Waals surface area contributed by atoms with E-state index in [9.17, 15) is 18.4 Å². The Bertz CT molecular complexity index is 1330. The average Bonchev–Trinajstić information content (AvgIpc) is 3.34. The molecule has 10 heteroatoms. The first-order valence-electron chi connectivity index (χ1n) is 11.8. The third-order valence-electron chi connectivity index (χ3n) is 6.20. The predicted octanol–water partition coefficient (Wildman–Crippen LogP) is 6.93. The minimum absolute atomic E-state index is 0.111. The normalized spacial score (nSPS) is 14.4. The molecule has 1 aromatic heterocycles. The average molecular weight is 531 g/mol. The number of carboxylic acid groups (broad SMARTS) is 1. The van der Waals surface area contributed by atoms with Crippen LogP contribution in [0.2, 0.25) is 0 Å². The lowest BCUT2D eigenvalue weighted by Crippen LogP contribution is -2.15. The van der Waals surface area contributed by atoms with E-state index in [0.29, 0.717) is 12.5 Å². The number of benzene rings is 2. The Labute approximate surface area is 215 Å². The topological polar surface area (TPSA) is 88.5 Å². The lowest BCUT2D eigenvalue weighted by molar-refractivity contribution is -0.132. The molecule has 1 fully saturated rings. The molecule has 1 saturated carbocycles. The predicted molar refractivity (Wildman–Crippen MR) is 135 cm³/mol. The van der Waals surface area contributed by atoms with Gasteiger partial charge in [-0.3, -0.25) is 10.1 Å². The van der Waals surface area contributed by atoms with Crippen molar-refractivity contribution in [1.82, 2.24) is 4.98 Å². The van der Waals surface area contributed by atoms with Gasteiger partial charge in [-0.05, 0) is 56.0 Å². The van der Waals surface area contributed by atoms with Gasteiger partial charge in [0.05, 0.1) is 12.3 Å². The summed E-state index contributed by atoms with van der Waals surface area (Å²) in [6.07, 6.45) is 6.55. The summed E-state index contributed by atoms with van der Waals surface area (Å²) in [6.45, 7) is 1.65. The number of halogens is 3. The maximum absolute atomic E-state index is 15.1. The summed E-state index contributed by atoms with van der Waals surface area (Å²) in [7, 11) is 0. The summed E-state index contributed by atoms with van der Waals surface area (Å²) in [5.41, 5.74) is -0.654. The van der Waals surface area contributed by atoms with E-state index in [4.69, 9.17) is 9.84 Å². The number of ether oxygens (including phenoxy) is 1. The third kappa shape index (κ3) is 6.37. The summed E-state index contributed by atoms with van der Waals surface area (Å²) < 4.78 is 49.7. The lowest BCUT2D eigenvalue weighted by atomic mass is 9.90. The van der Waals surface area contributed by atoms with Gasteiger partial charge < -0.3 is 9.84 Å². The molecule has 1 aliphatic carbocycles. The SMILES string of the molecule is C/C(=C\c1c(F)cc(C(=O)Nc2nc(-c3cccc(OCC4CCCCC4)c3F)cs2)cc1F)C(=O)O. The molecule has 0 unspecified atom stereocenters. The van der Waals surface area contributed by atoms with Gasteiger partial charge in [-0.25, -0.2) is 22.9 Å². The van der Waals surface area contributed by atoms with E-state index >= 15 is 4.39 Å². The molecule has 0 spiro atoms. The minimum Gasteiger partial charge on any atom is -0.490 e. The van der Waals surface area contributed by atoms with Crippen LogP contribution in [0.3, 0.4) is 0 Å². The molecule has 0 saturated heterocycles. The van der Waals surface area contributed by atoms with E-state index in [-0.39, 0.29) is 33.3 Å². The second-order valence-corrected chi connectivity index (χ2v) is 9.77. The van der Waals surface area contributed by atoms with Gasteiger partial charge >= 0.3 is 5.97 Å². The Morgan fingerprint density at radius 3 is 2.54 bits per heavy atom. The molecule has 0 radical (unpaired) electrons. The van der Waals surface area contributed by atoms with Crippen molar-refractivity contribution in [2.75, 3.05) is 11.9 Å². The fourth-order valence-corrected chi connectivity index (χ4v) is 4.84. The van der Waals surface area contributed by atoms with Crippen LogP contribution < -0.4 is 10.1 Å². The summed E-state index contributed by atoms with van der Waals surface area (Å²) >= 11 is 1.03. The Kier molecular flexibility index (Phi) is 8.27. The zero-order valence-electron chi connectivity index (χ0n) is 20.0. The fourth-order valence-electron chi connectivity index (χ4n) is 4.14. The number of hydrogen-bond donors (Lipinski definition) is 2. The van der Waals surface area contributed by atoms with Gasteiger partial charge in [0.15, 0.2) is 16.7 Å². The van der Waals surface area contributed by atoms with Gasteiger partial charge in [0, 0.05) is 27.6 Å². The zero-order valence-corrected chi connectivity index (χ0v) is 20.8. The van der Waals surface area contributed by atoms with E-state index in [1.807, 2.05) is 0 Å². The van der Waals surface area contributed by atoms with Crippen LogP contribution in [0.25, 0.3) is 17.3 Å². The molecule has 194 valence electrons. The number of aromatic nitrogens is 1. The van der Waals surface area contributed by atoms with Gasteiger partial charge in [-0.1, -0.05) is 25.3 Å². The maximum Gasteiger partial charge on any atom is 0.331 e. The van der Waals surface area contributed by atoms with Crippen LogP contribution in [0.15, 0.2) is 41.3 Å². The lowest BCUT2D eigenvalue weighted by Gasteiger charge is -2.22. The maximum atomic E-state index is 15.1. The molecule has 0 aliphatic heterocycles. The molecular weight excluding hydrogens is 505 g/mol. The first-order chi connectivity index (χ1) is 17.7. The van der Waals surface area contributed by atoms with Gasteiger partial charge in [-0.2, -0.15) is 0 Å². The molecular formula is C27H25F3N2O4S. The summed E-state index contributed by atoms with van der Waals surface area (Å²) in [6, 6.07) is 6.40. The van der Waals surface area contributed by atoms with Gasteiger partial charge in [0.1, 0.15) is 11.6 Å². The molecule has 2 aromatic carbocycles. The highest BCUT2D eigenvalue weighted by Gasteiger charge is 2.19. The Balaban J connectivity index is 1.47. The Morgan fingerprint density at radius 2 is 1.86 bits per heavy atom. The van der Waals surface area contributed by atoms with Crippen molar-refractivity contribution >= 4 is 34.4 Å². The number of thiazole rings is 1. The number of carboxylic acids is 1. The van der Waals surface area contributed by atoms with Crippen molar-refractivity contribution in [3.05, 3.63) is 69.9 Å². The van der Waals surface area contributed by atoms with Crippen molar-refractivity contribution in [1.29, 1.82) is 0 Å². The Morgan fingerprint density at radius 1 is 1.16 bits per heavy atom. The number of aliphatic carboxylic acids is 1. The summed E-state index contributed by atoms with van der Waals surface area (Å²) in [4.78, 5) is 27.8. The number of nitrogens with zero attached hydrogens (tertiary/aromatic N) is 1. The molecule has 3 aromatic rings. The molecule has 1 heterocycles. The smallest absolute Gasteiger partial charge is 0.331 e. The highest BCUT2D eigenvalue weighted by Crippen LogP contribution is 2.33. The second kappa shape index (κ2) is 11.6. The summed E-state index contributed by atoms with van der Waals surface area (Å²) in [5.74, 6) is -4.31. The first-order valence-corrected chi connectivity index (χ1v) is 12.7. The molecule has 1 amide bonds. The Hall–Kier alpha value is -3.66. The standard InChI is InChI=1S/C27H25F3N2O4S/c1-15(26(34)35)10-19-20(28)11-17(12-21(19)29)25(33)32-27-31-22(14-37-27)18-8-5-9-23(24(18)30)36-13-16-6-3-2-4-7-16/h5,8-12,14,16H,2-4,6-7,13H2,1H3,(H,34,35)(H,31,32,33)/b15-10+. The van der Waals surface area contributed by atoms with Gasteiger partial charge in [-0.15, -0.1) is 11.3 Å². The number of rotatable bonds is 8. The van der Waals surface area contributed by atoms with E-state index in [0.717, 1.165) is 55.2 Å². The number of nitrogens with one attached hydrogen (secondary N) is 1. The van der Waals surface area contributed by atoms with Crippen LogP contribution in [-0.4, -0.2) is 28.6 Å². The number of hydrogen-bond acceptors (Lipinski definition) is 5. The third-order valence-corrected chi connectivity index (χ3v) is 6.96. The van der Waals surface area contributed by atoms with Crippen LogP contribution in [-0.2, 0) is 4.79 Å². The molecule has 4 rings (SSSR count). The van der Waals surface area contributed by atoms with Crippen LogP contribution in [0.5, 0.6) is 5.75 Å². The largest absolute Gasteiger partial charge is 0.490 e. The van der Waals surface area contributed by atoms with Crippen LogP contribution in [0.4, 0.5) is 18.3 Å². The van der Waals surface area contributed by atoms with Gasteiger partial charge in [0.2, 0.25) is 0 Å². The molecule has 2 N–H and O–H groups in total. The zero-order chi connectivity index (χ0) is 26.5. The molecule has 6 nitrogen and oxygen atoms in total.